The van der Waals surface area contributed by atoms with Crippen LogP contribution in [0, 0.1) is 0 Å². The minimum Gasteiger partial charge on any atom is -0.396 e. The van der Waals surface area contributed by atoms with Gasteiger partial charge in [-0.25, -0.2) is 4.98 Å². The highest BCUT2D eigenvalue weighted by Crippen LogP contribution is 2.32. The lowest BCUT2D eigenvalue weighted by Gasteiger charge is -2.29. The maximum Gasteiger partial charge on any atom is 0.150 e. The van der Waals surface area contributed by atoms with Crippen LogP contribution in [0.1, 0.15) is 20.3 Å². The molecule has 0 aromatic carbocycles. The van der Waals surface area contributed by atoms with Gasteiger partial charge in [0.1, 0.15) is 11.6 Å². The molecule has 1 heterocycles. The first-order valence-electron chi connectivity index (χ1n) is 5.92. The number of rotatable bonds is 6. The van der Waals surface area contributed by atoms with Gasteiger partial charge in [-0.15, -0.1) is 0 Å². The highest BCUT2D eigenvalue weighted by molar-refractivity contribution is 6.37. The van der Waals surface area contributed by atoms with Crippen molar-refractivity contribution < 1.29 is 5.11 Å². The fourth-order valence-corrected chi connectivity index (χ4v) is 2.24. The van der Waals surface area contributed by atoms with Gasteiger partial charge in [0.15, 0.2) is 0 Å². The van der Waals surface area contributed by atoms with Crippen molar-refractivity contribution in [2.45, 2.75) is 26.3 Å². The first-order valence-corrected chi connectivity index (χ1v) is 6.68. The van der Waals surface area contributed by atoms with E-state index in [1.807, 2.05) is 0 Å². The fourth-order valence-electron chi connectivity index (χ4n) is 1.68. The molecule has 2 N–H and O–H groups in total. The fraction of sp³-hybridized carbons (Fsp3) is 0.583. The number of anilines is 2. The molecule has 18 heavy (non-hydrogen) atoms. The van der Waals surface area contributed by atoms with Gasteiger partial charge < -0.3 is 15.3 Å². The van der Waals surface area contributed by atoms with Gasteiger partial charge in [0, 0.05) is 26.2 Å². The molecule has 1 aromatic heterocycles. The summed E-state index contributed by atoms with van der Waals surface area (Å²) in [6, 6.07) is 1.93. The molecule has 6 heteroatoms. The first-order chi connectivity index (χ1) is 8.51. The molecule has 0 spiro atoms. The molecule has 0 aliphatic heterocycles. The molecule has 0 aliphatic rings. The summed E-state index contributed by atoms with van der Waals surface area (Å²) in [7, 11) is 1.76. The smallest absolute Gasteiger partial charge is 0.150 e. The van der Waals surface area contributed by atoms with Crippen LogP contribution >= 0.6 is 23.2 Å². The van der Waals surface area contributed by atoms with Crippen molar-refractivity contribution in [3.8, 4) is 0 Å². The lowest BCUT2D eigenvalue weighted by molar-refractivity contribution is 0.288. The summed E-state index contributed by atoms with van der Waals surface area (Å²) < 4.78 is 0. The number of aliphatic hydroxyl groups excluding tert-OH is 1. The minimum absolute atomic E-state index is 0.146. The molecule has 102 valence electrons. The van der Waals surface area contributed by atoms with E-state index >= 15 is 0 Å². The molecular formula is C12H19Cl2N3O. The molecule has 4 nitrogen and oxygen atoms in total. The zero-order valence-electron chi connectivity index (χ0n) is 10.9. The highest BCUT2D eigenvalue weighted by atomic mass is 35.5. The summed E-state index contributed by atoms with van der Waals surface area (Å²) in [5.74, 6) is 1.29. The second kappa shape index (κ2) is 7.02. The molecule has 0 fully saturated rings. The lowest BCUT2D eigenvalue weighted by atomic mass is 10.2. The topological polar surface area (TPSA) is 48.4 Å². The number of halogens is 2. The Hall–Kier alpha value is -0.710. The molecule has 0 unspecified atom stereocenters. The van der Waals surface area contributed by atoms with E-state index < -0.39 is 0 Å². The third kappa shape index (κ3) is 3.64. The Balaban J connectivity index is 3.10. The van der Waals surface area contributed by atoms with Crippen LogP contribution in [0.2, 0.25) is 10.0 Å². The number of pyridine rings is 1. The Labute approximate surface area is 118 Å². The van der Waals surface area contributed by atoms with Crippen LogP contribution in [0.5, 0.6) is 0 Å². The normalized spacial score (nSPS) is 10.8. The van der Waals surface area contributed by atoms with Gasteiger partial charge in [-0.05, 0) is 26.3 Å². The molecule has 1 aromatic rings. The summed E-state index contributed by atoms with van der Waals surface area (Å²) in [5.41, 5.74) is 0. The third-order valence-electron chi connectivity index (χ3n) is 2.60. The van der Waals surface area contributed by atoms with E-state index in [1.54, 1.807) is 13.1 Å². The zero-order chi connectivity index (χ0) is 13.7. The standard InChI is InChI=1S/C12H19Cl2N3O/c1-8(2)17(5-4-6-18)12-10(14)7-9(13)11(15-3)16-12/h7-8,18H,4-6H2,1-3H3,(H,15,16). The maximum absolute atomic E-state index is 8.94. The van der Waals surface area contributed by atoms with Gasteiger partial charge in [0.25, 0.3) is 0 Å². The Bertz CT molecular complexity index is 399. The van der Waals surface area contributed by atoms with Crippen LogP contribution in [0.15, 0.2) is 6.07 Å². The van der Waals surface area contributed by atoms with Gasteiger partial charge in [0.2, 0.25) is 0 Å². The number of nitrogens with one attached hydrogen (secondary N) is 1. The van der Waals surface area contributed by atoms with Gasteiger partial charge in [0.05, 0.1) is 10.0 Å². The molecule has 0 radical (unpaired) electrons. The SMILES string of the molecule is CNc1nc(N(CCCO)C(C)C)c(Cl)cc1Cl. The lowest BCUT2D eigenvalue weighted by Crippen LogP contribution is -2.33. The second-order valence-electron chi connectivity index (χ2n) is 4.24. The molecule has 1 rings (SSSR count). The van der Waals surface area contributed by atoms with Gasteiger partial charge in [-0.1, -0.05) is 23.2 Å². The van der Waals surface area contributed by atoms with E-state index in [1.165, 1.54) is 0 Å². The Morgan fingerprint density at radius 3 is 2.56 bits per heavy atom. The average Bonchev–Trinajstić information content (AvgIpc) is 2.31. The van der Waals surface area contributed by atoms with Crippen LogP contribution in [0.3, 0.4) is 0 Å². The Kier molecular flexibility index (Phi) is 5.99. The molecule has 0 bridgehead atoms. The monoisotopic (exact) mass is 291 g/mol. The maximum atomic E-state index is 8.94. The minimum atomic E-state index is 0.146. The third-order valence-corrected chi connectivity index (χ3v) is 3.17. The van der Waals surface area contributed by atoms with Crippen molar-refractivity contribution in [3.63, 3.8) is 0 Å². The molecule has 0 amide bonds. The first kappa shape index (κ1) is 15.3. The number of aromatic nitrogens is 1. The Morgan fingerprint density at radius 2 is 2.06 bits per heavy atom. The van der Waals surface area contributed by atoms with E-state index in [0.29, 0.717) is 34.6 Å². The van der Waals surface area contributed by atoms with Crippen LogP contribution in [-0.2, 0) is 0 Å². The average molecular weight is 292 g/mol. The van der Waals surface area contributed by atoms with Crippen molar-refractivity contribution >= 4 is 34.8 Å². The summed E-state index contributed by atoms with van der Waals surface area (Å²) in [5, 5.41) is 12.9. The van der Waals surface area contributed by atoms with Crippen molar-refractivity contribution in [2.24, 2.45) is 0 Å². The van der Waals surface area contributed by atoms with Gasteiger partial charge >= 0.3 is 0 Å². The van der Waals surface area contributed by atoms with Crippen LogP contribution in [0.4, 0.5) is 11.6 Å². The zero-order valence-corrected chi connectivity index (χ0v) is 12.4. The number of hydrogen-bond acceptors (Lipinski definition) is 4. The van der Waals surface area contributed by atoms with E-state index in [4.69, 9.17) is 28.3 Å². The molecule has 0 saturated carbocycles. The van der Waals surface area contributed by atoms with Crippen LogP contribution < -0.4 is 10.2 Å². The van der Waals surface area contributed by atoms with Gasteiger partial charge in [-0.2, -0.15) is 0 Å². The van der Waals surface area contributed by atoms with Crippen molar-refractivity contribution in [3.05, 3.63) is 16.1 Å². The molecule has 0 saturated heterocycles. The molecule has 0 atom stereocenters. The summed E-state index contributed by atoms with van der Waals surface area (Å²) in [6.07, 6.45) is 0.674. The summed E-state index contributed by atoms with van der Waals surface area (Å²) in [6.45, 7) is 4.96. The predicted molar refractivity (Wildman–Crippen MR) is 78.0 cm³/mol. The number of aliphatic hydroxyl groups is 1. The van der Waals surface area contributed by atoms with E-state index in [0.717, 1.165) is 0 Å². The number of hydrogen-bond donors (Lipinski definition) is 2. The van der Waals surface area contributed by atoms with E-state index in [9.17, 15) is 0 Å². The van der Waals surface area contributed by atoms with E-state index in [2.05, 4.69) is 29.0 Å². The largest absolute Gasteiger partial charge is 0.396 e. The van der Waals surface area contributed by atoms with Crippen LogP contribution in [0.25, 0.3) is 0 Å². The summed E-state index contributed by atoms with van der Waals surface area (Å²) >= 11 is 12.2. The van der Waals surface area contributed by atoms with Crippen molar-refractivity contribution in [1.29, 1.82) is 0 Å². The Morgan fingerprint density at radius 1 is 1.39 bits per heavy atom. The van der Waals surface area contributed by atoms with Crippen molar-refractivity contribution in [1.82, 2.24) is 4.98 Å². The van der Waals surface area contributed by atoms with E-state index in [-0.39, 0.29) is 12.6 Å². The second-order valence-corrected chi connectivity index (χ2v) is 5.05. The molecular weight excluding hydrogens is 273 g/mol. The quantitative estimate of drug-likeness (QED) is 0.846. The van der Waals surface area contributed by atoms with Crippen LogP contribution in [-0.4, -0.2) is 36.3 Å². The van der Waals surface area contributed by atoms with Gasteiger partial charge in [-0.3, -0.25) is 0 Å². The molecule has 0 aliphatic carbocycles. The number of nitrogens with zero attached hydrogens (tertiary/aromatic N) is 2. The summed E-state index contributed by atoms with van der Waals surface area (Å²) in [4.78, 5) is 6.49. The van der Waals surface area contributed by atoms with Crippen molar-refractivity contribution in [2.75, 3.05) is 30.4 Å². The highest BCUT2D eigenvalue weighted by Gasteiger charge is 2.17. The predicted octanol–water partition coefficient (Wildman–Crippen LogP) is 3.03.